The third kappa shape index (κ3) is 2.96. The molecule has 0 heterocycles. The lowest BCUT2D eigenvalue weighted by Gasteiger charge is -2.07. The molecule has 104 valence electrons. The predicted molar refractivity (Wildman–Crippen MR) is 72.4 cm³/mol. The van der Waals surface area contributed by atoms with Gasteiger partial charge in [0.1, 0.15) is 17.4 Å². The summed E-state index contributed by atoms with van der Waals surface area (Å²) >= 11 is 5.96. The summed E-state index contributed by atoms with van der Waals surface area (Å²) in [5, 5.41) is 0.186. The number of ketones is 1. The largest absolute Gasteiger partial charge is 0.497 e. The van der Waals surface area contributed by atoms with Gasteiger partial charge in [-0.05, 0) is 30.3 Å². The molecule has 0 aromatic heterocycles. The molecule has 2 aromatic carbocycles. The number of rotatable bonds is 4. The van der Waals surface area contributed by atoms with Crippen LogP contribution in [-0.2, 0) is 6.42 Å². The Balaban J connectivity index is 2.29. The molecule has 2 aromatic rings. The van der Waals surface area contributed by atoms with Gasteiger partial charge < -0.3 is 4.74 Å². The number of hydrogen-bond acceptors (Lipinski definition) is 2. The minimum atomic E-state index is -0.747. The van der Waals surface area contributed by atoms with Crippen LogP contribution in [0.2, 0.25) is 5.02 Å². The van der Waals surface area contributed by atoms with Crippen molar-refractivity contribution in [1.82, 2.24) is 0 Å². The standard InChI is InChI=1S/C15H11ClF2O2/c1-20-9-5-6-10(12(16)7-9)15(19)8-11-13(17)3-2-4-14(11)18/h2-7H,8H2,1H3. The maximum Gasteiger partial charge on any atom is 0.168 e. The van der Waals surface area contributed by atoms with Crippen LogP contribution < -0.4 is 4.74 Å². The van der Waals surface area contributed by atoms with E-state index < -0.39 is 17.4 Å². The Kier molecular flexibility index (Phi) is 4.35. The highest BCUT2D eigenvalue weighted by Crippen LogP contribution is 2.24. The van der Waals surface area contributed by atoms with E-state index in [-0.39, 0.29) is 22.6 Å². The summed E-state index contributed by atoms with van der Waals surface area (Å²) in [6, 6.07) is 7.99. The number of carbonyl (C=O) groups is 1. The first-order valence-corrected chi connectivity index (χ1v) is 6.20. The molecule has 2 rings (SSSR count). The zero-order valence-electron chi connectivity index (χ0n) is 10.6. The van der Waals surface area contributed by atoms with E-state index >= 15 is 0 Å². The van der Waals surface area contributed by atoms with E-state index in [4.69, 9.17) is 16.3 Å². The second kappa shape index (κ2) is 6.01. The van der Waals surface area contributed by atoms with E-state index in [1.807, 2.05) is 0 Å². The summed E-state index contributed by atoms with van der Waals surface area (Å²) in [4.78, 5) is 12.1. The smallest absolute Gasteiger partial charge is 0.168 e. The maximum absolute atomic E-state index is 13.5. The van der Waals surface area contributed by atoms with Gasteiger partial charge in [-0.15, -0.1) is 0 Å². The fraction of sp³-hybridized carbons (Fsp3) is 0.133. The SMILES string of the molecule is COc1ccc(C(=O)Cc2c(F)cccc2F)c(Cl)c1. The number of carbonyl (C=O) groups excluding carboxylic acids is 1. The van der Waals surface area contributed by atoms with Crippen molar-refractivity contribution in [1.29, 1.82) is 0 Å². The normalized spacial score (nSPS) is 10.4. The minimum absolute atomic E-state index is 0.186. The van der Waals surface area contributed by atoms with Crippen molar-refractivity contribution in [2.75, 3.05) is 7.11 Å². The molecular weight excluding hydrogens is 286 g/mol. The highest BCUT2D eigenvalue weighted by molar-refractivity contribution is 6.34. The Hall–Kier alpha value is -1.94. The Morgan fingerprint density at radius 1 is 1.20 bits per heavy atom. The van der Waals surface area contributed by atoms with Crippen LogP contribution in [0.1, 0.15) is 15.9 Å². The van der Waals surface area contributed by atoms with E-state index in [1.54, 1.807) is 6.07 Å². The van der Waals surface area contributed by atoms with Crippen molar-refractivity contribution < 1.29 is 18.3 Å². The molecule has 0 saturated heterocycles. The first kappa shape index (κ1) is 14.5. The van der Waals surface area contributed by atoms with E-state index in [1.165, 1.54) is 25.3 Å². The van der Waals surface area contributed by atoms with Gasteiger partial charge >= 0.3 is 0 Å². The van der Waals surface area contributed by atoms with Crippen molar-refractivity contribution in [3.8, 4) is 5.75 Å². The third-order valence-electron chi connectivity index (χ3n) is 2.88. The Labute approximate surface area is 119 Å². The lowest BCUT2D eigenvalue weighted by molar-refractivity contribution is 0.0990. The van der Waals surface area contributed by atoms with Crippen LogP contribution in [0.3, 0.4) is 0 Å². The molecule has 0 saturated carbocycles. The third-order valence-corrected chi connectivity index (χ3v) is 3.19. The Morgan fingerprint density at radius 2 is 1.85 bits per heavy atom. The molecule has 0 atom stereocenters. The van der Waals surface area contributed by atoms with Crippen molar-refractivity contribution in [2.24, 2.45) is 0 Å². The van der Waals surface area contributed by atoms with Gasteiger partial charge in [-0.1, -0.05) is 17.7 Å². The molecule has 20 heavy (non-hydrogen) atoms. The summed E-state index contributed by atoms with van der Waals surface area (Å²) < 4.78 is 32.0. The molecule has 0 aliphatic heterocycles. The average molecular weight is 297 g/mol. The van der Waals surface area contributed by atoms with Crippen LogP contribution in [0.4, 0.5) is 8.78 Å². The molecule has 0 amide bonds. The maximum atomic E-state index is 13.5. The highest BCUT2D eigenvalue weighted by Gasteiger charge is 2.17. The van der Waals surface area contributed by atoms with Crippen LogP contribution in [0.15, 0.2) is 36.4 Å². The van der Waals surface area contributed by atoms with E-state index in [0.29, 0.717) is 5.75 Å². The first-order chi connectivity index (χ1) is 9.52. The van der Waals surface area contributed by atoms with Gasteiger partial charge in [-0.2, -0.15) is 0 Å². The molecule has 0 spiro atoms. The summed E-state index contributed by atoms with van der Waals surface area (Å²) in [7, 11) is 1.47. The molecule has 0 bridgehead atoms. The van der Waals surface area contributed by atoms with Crippen molar-refractivity contribution in [3.63, 3.8) is 0 Å². The van der Waals surface area contributed by atoms with Gasteiger partial charge in [0.15, 0.2) is 5.78 Å². The van der Waals surface area contributed by atoms with E-state index in [0.717, 1.165) is 12.1 Å². The van der Waals surface area contributed by atoms with Gasteiger partial charge in [0.05, 0.1) is 12.1 Å². The van der Waals surface area contributed by atoms with E-state index in [2.05, 4.69) is 0 Å². The molecule has 2 nitrogen and oxygen atoms in total. The van der Waals surface area contributed by atoms with Crippen LogP contribution in [0.5, 0.6) is 5.75 Å². The number of benzene rings is 2. The molecule has 5 heteroatoms. The summed E-state index contributed by atoms with van der Waals surface area (Å²) in [6.07, 6.45) is -0.384. The second-order valence-corrected chi connectivity index (χ2v) is 4.55. The van der Waals surface area contributed by atoms with Crippen LogP contribution in [-0.4, -0.2) is 12.9 Å². The summed E-state index contributed by atoms with van der Waals surface area (Å²) in [5.74, 6) is -1.45. The number of hydrogen-bond donors (Lipinski definition) is 0. The number of halogens is 3. The van der Waals surface area contributed by atoms with E-state index in [9.17, 15) is 13.6 Å². The fourth-order valence-electron chi connectivity index (χ4n) is 1.81. The zero-order valence-corrected chi connectivity index (χ0v) is 11.4. The zero-order chi connectivity index (χ0) is 14.7. The van der Waals surface area contributed by atoms with Gasteiger partial charge in [-0.3, -0.25) is 4.79 Å². The van der Waals surface area contributed by atoms with Gasteiger partial charge in [0.2, 0.25) is 0 Å². The lowest BCUT2D eigenvalue weighted by atomic mass is 10.0. The molecule has 0 unspecified atom stereocenters. The number of methoxy groups -OCH3 is 1. The Morgan fingerprint density at radius 3 is 2.40 bits per heavy atom. The van der Waals surface area contributed by atoms with Crippen LogP contribution in [0.25, 0.3) is 0 Å². The van der Waals surface area contributed by atoms with Crippen molar-refractivity contribution in [2.45, 2.75) is 6.42 Å². The average Bonchev–Trinajstić information content (AvgIpc) is 2.42. The van der Waals surface area contributed by atoms with Gasteiger partial charge in [-0.25, -0.2) is 8.78 Å². The number of ether oxygens (including phenoxy) is 1. The summed E-state index contributed by atoms with van der Waals surface area (Å²) in [6.45, 7) is 0. The first-order valence-electron chi connectivity index (χ1n) is 5.82. The monoisotopic (exact) mass is 296 g/mol. The lowest BCUT2D eigenvalue weighted by Crippen LogP contribution is -2.08. The Bertz CT molecular complexity index is 636. The van der Waals surface area contributed by atoms with Crippen LogP contribution >= 0.6 is 11.6 Å². The minimum Gasteiger partial charge on any atom is -0.497 e. The second-order valence-electron chi connectivity index (χ2n) is 4.15. The van der Waals surface area contributed by atoms with Crippen molar-refractivity contribution in [3.05, 3.63) is 64.2 Å². The topological polar surface area (TPSA) is 26.3 Å². The highest BCUT2D eigenvalue weighted by atomic mass is 35.5. The predicted octanol–water partition coefficient (Wildman–Crippen LogP) is 4.05. The molecule has 0 fully saturated rings. The number of Topliss-reactive ketones (excluding diaryl/α,β-unsaturated/α-hetero) is 1. The molecule has 0 aliphatic rings. The quantitative estimate of drug-likeness (QED) is 0.796. The molecule has 0 aliphatic carbocycles. The van der Waals surface area contributed by atoms with Crippen molar-refractivity contribution >= 4 is 17.4 Å². The van der Waals surface area contributed by atoms with Gasteiger partial charge in [0, 0.05) is 17.5 Å². The molecule has 0 radical (unpaired) electrons. The van der Waals surface area contributed by atoms with Crippen LogP contribution in [0, 0.1) is 11.6 Å². The molecule has 0 N–H and O–H groups in total. The fourth-order valence-corrected chi connectivity index (χ4v) is 2.08. The summed E-state index contributed by atoms with van der Waals surface area (Å²) in [5.41, 5.74) is -0.0560. The molecular formula is C15H11ClF2O2. The van der Waals surface area contributed by atoms with Gasteiger partial charge in [0.25, 0.3) is 0 Å².